The van der Waals surface area contributed by atoms with Gasteiger partial charge in [0.25, 0.3) is 0 Å². The number of hydrogen-bond donors (Lipinski definition) is 0. The van der Waals surface area contributed by atoms with E-state index in [9.17, 15) is 8.78 Å². The maximum absolute atomic E-state index is 12.8. The van der Waals surface area contributed by atoms with E-state index in [1.807, 2.05) is 0 Å². The lowest BCUT2D eigenvalue weighted by molar-refractivity contribution is -0.287. The Hall–Kier alpha value is -1.04. The molecule has 3 nitrogen and oxygen atoms in total. The van der Waals surface area contributed by atoms with Gasteiger partial charge < -0.3 is 14.2 Å². The lowest BCUT2D eigenvalue weighted by Gasteiger charge is -2.07. The normalized spacial score (nSPS) is 16.5. The van der Waals surface area contributed by atoms with Crippen LogP contribution >= 0.6 is 15.9 Å². The van der Waals surface area contributed by atoms with Crippen molar-refractivity contribution in [2.45, 2.75) is 13.2 Å². The highest BCUT2D eigenvalue weighted by atomic mass is 79.9. The highest BCUT2D eigenvalue weighted by molar-refractivity contribution is 9.10. The third kappa shape index (κ3) is 1.99. The van der Waals surface area contributed by atoms with Crippen LogP contribution in [0.3, 0.4) is 0 Å². The van der Waals surface area contributed by atoms with E-state index in [1.54, 1.807) is 13.0 Å². The fraction of sp³-hybridized carbons (Fsp3) is 0.333. The summed E-state index contributed by atoms with van der Waals surface area (Å²) in [6.45, 7) is 2.11. The Morgan fingerprint density at radius 3 is 2.80 bits per heavy atom. The van der Waals surface area contributed by atoms with Crippen molar-refractivity contribution < 1.29 is 23.0 Å². The van der Waals surface area contributed by atoms with Gasteiger partial charge in [0.2, 0.25) is 5.75 Å². The van der Waals surface area contributed by atoms with Gasteiger partial charge >= 0.3 is 6.29 Å². The van der Waals surface area contributed by atoms with Crippen molar-refractivity contribution in [2.24, 2.45) is 0 Å². The molecule has 0 atom stereocenters. The summed E-state index contributed by atoms with van der Waals surface area (Å²) >= 11 is 3.16. The fourth-order valence-corrected chi connectivity index (χ4v) is 1.67. The summed E-state index contributed by atoms with van der Waals surface area (Å²) in [6, 6.07) is 2.95. The minimum absolute atomic E-state index is 0.0298. The first-order valence-corrected chi connectivity index (χ1v) is 5.03. The van der Waals surface area contributed by atoms with Crippen LogP contribution in [0.5, 0.6) is 17.2 Å². The van der Waals surface area contributed by atoms with Gasteiger partial charge in [0.05, 0.1) is 6.61 Å². The highest BCUT2D eigenvalue weighted by Gasteiger charge is 2.45. The molecule has 15 heavy (non-hydrogen) atoms. The molecule has 1 heterocycles. The van der Waals surface area contributed by atoms with Crippen molar-refractivity contribution in [1.29, 1.82) is 0 Å². The van der Waals surface area contributed by atoms with Crippen molar-refractivity contribution >= 4 is 15.9 Å². The van der Waals surface area contributed by atoms with Crippen LogP contribution in [0, 0.1) is 0 Å². The first-order chi connectivity index (χ1) is 7.02. The zero-order valence-corrected chi connectivity index (χ0v) is 9.31. The Morgan fingerprint density at radius 1 is 1.40 bits per heavy atom. The highest BCUT2D eigenvalue weighted by Crippen LogP contribution is 2.48. The molecule has 0 bridgehead atoms. The minimum Gasteiger partial charge on any atom is -0.490 e. The first-order valence-electron chi connectivity index (χ1n) is 4.24. The summed E-state index contributed by atoms with van der Waals surface area (Å²) in [5, 5.41) is 0. The van der Waals surface area contributed by atoms with E-state index < -0.39 is 6.29 Å². The molecule has 0 unspecified atom stereocenters. The molecule has 6 heteroatoms. The molecule has 1 aromatic carbocycles. The summed E-state index contributed by atoms with van der Waals surface area (Å²) < 4.78 is 39.9. The molecule has 0 radical (unpaired) electrons. The zero-order valence-electron chi connectivity index (χ0n) is 7.72. The van der Waals surface area contributed by atoms with E-state index in [-0.39, 0.29) is 17.2 Å². The Bertz CT molecular complexity index is 395. The van der Waals surface area contributed by atoms with Crippen LogP contribution in [0.25, 0.3) is 0 Å². The van der Waals surface area contributed by atoms with Crippen molar-refractivity contribution in [2.75, 3.05) is 6.61 Å². The van der Waals surface area contributed by atoms with E-state index in [4.69, 9.17) is 4.74 Å². The van der Waals surface area contributed by atoms with Crippen LogP contribution in [0.2, 0.25) is 0 Å². The van der Waals surface area contributed by atoms with E-state index in [2.05, 4.69) is 25.4 Å². The third-order valence-corrected chi connectivity index (χ3v) is 2.19. The standard InChI is InChI=1S/C9H7BrF2O3/c1-2-13-6-3-5(10)4-7-8(6)15-9(11,12)14-7/h3-4H,2H2,1H3. The number of ether oxygens (including phenoxy) is 3. The number of benzene rings is 1. The number of hydrogen-bond acceptors (Lipinski definition) is 3. The molecule has 1 aliphatic heterocycles. The maximum atomic E-state index is 12.8. The summed E-state index contributed by atoms with van der Waals surface area (Å²) in [7, 11) is 0. The van der Waals surface area contributed by atoms with Gasteiger partial charge in [-0.2, -0.15) is 0 Å². The zero-order chi connectivity index (χ0) is 11.1. The summed E-state index contributed by atoms with van der Waals surface area (Å²) in [5.41, 5.74) is 0. The second-order valence-corrected chi connectivity index (χ2v) is 3.75. The van der Waals surface area contributed by atoms with E-state index >= 15 is 0 Å². The van der Waals surface area contributed by atoms with E-state index in [0.717, 1.165) is 0 Å². The molecule has 0 saturated heterocycles. The van der Waals surface area contributed by atoms with Crippen LogP contribution in [0.15, 0.2) is 16.6 Å². The number of rotatable bonds is 2. The molecule has 2 rings (SSSR count). The second-order valence-electron chi connectivity index (χ2n) is 2.83. The molecular weight excluding hydrogens is 274 g/mol. The third-order valence-electron chi connectivity index (χ3n) is 1.74. The molecular formula is C9H7BrF2O3. The first kappa shape index (κ1) is 10.5. The van der Waals surface area contributed by atoms with Crippen LogP contribution < -0.4 is 14.2 Å². The fourth-order valence-electron chi connectivity index (χ4n) is 1.25. The average Bonchev–Trinajstić information content (AvgIpc) is 2.40. The van der Waals surface area contributed by atoms with Crippen LogP contribution in [-0.4, -0.2) is 12.9 Å². The number of fused-ring (bicyclic) bond motifs is 1. The predicted octanol–water partition coefficient (Wildman–Crippen LogP) is 3.17. The van der Waals surface area contributed by atoms with Gasteiger partial charge in [0.15, 0.2) is 11.5 Å². The van der Waals surface area contributed by atoms with Crippen molar-refractivity contribution in [3.05, 3.63) is 16.6 Å². The van der Waals surface area contributed by atoms with Gasteiger partial charge in [0.1, 0.15) is 0 Å². The molecule has 0 N–H and O–H groups in total. The Kier molecular flexibility index (Phi) is 2.46. The molecule has 0 amide bonds. The van der Waals surface area contributed by atoms with Gasteiger partial charge in [0, 0.05) is 4.47 Å². The van der Waals surface area contributed by atoms with Gasteiger partial charge in [-0.3, -0.25) is 0 Å². The summed E-state index contributed by atoms with van der Waals surface area (Å²) in [6.07, 6.45) is -3.62. The summed E-state index contributed by atoms with van der Waals surface area (Å²) in [5.74, 6) is 0.141. The largest absolute Gasteiger partial charge is 0.586 e. The monoisotopic (exact) mass is 280 g/mol. The van der Waals surface area contributed by atoms with Crippen molar-refractivity contribution in [3.63, 3.8) is 0 Å². The van der Waals surface area contributed by atoms with Crippen LogP contribution in [0.1, 0.15) is 6.92 Å². The number of alkyl halides is 2. The molecule has 0 spiro atoms. The molecule has 0 fully saturated rings. The predicted molar refractivity (Wildman–Crippen MR) is 51.5 cm³/mol. The maximum Gasteiger partial charge on any atom is 0.586 e. The topological polar surface area (TPSA) is 27.7 Å². The van der Waals surface area contributed by atoms with Crippen LogP contribution in [-0.2, 0) is 0 Å². The van der Waals surface area contributed by atoms with Crippen LogP contribution in [0.4, 0.5) is 8.78 Å². The lowest BCUT2D eigenvalue weighted by Crippen LogP contribution is -2.26. The smallest absolute Gasteiger partial charge is 0.490 e. The second kappa shape index (κ2) is 3.52. The molecule has 0 aliphatic carbocycles. The average molecular weight is 281 g/mol. The van der Waals surface area contributed by atoms with Gasteiger partial charge in [-0.1, -0.05) is 15.9 Å². The Morgan fingerprint density at radius 2 is 2.13 bits per heavy atom. The SMILES string of the molecule is CCOc1cc(Br)cc2c1OC(F)(F)O2. The van der Waals surface area contributed by atoms with Gasteiger partial charge in [-0.25, -0.2) is 0 Å². The Labute approximate surface area is 93.1 Å². The minimum atomic E-state index is -3.62. The molecule has 1 aliphatic rings. The van der Waals surface area contributed by atoms with Gasteiger partial charge in [-0.15, -0.1) is 8.78 Å². The van der Waals surface area contributed by atoms with E-state index in [0.29, 0.717) is 11.1 Å². The molecule has 1 aromatic rings. The quantitative estimate of drug-likeness (QED) is 0.833. The summed E-state index contributed by atoms with van der Waals surface area (Å²) in [4.78, 5) is 0. The van der Waals surface area contributed by atoms with Crippen molar-refractivity contribution in [1.82, 2.24) is 0 Å². The molecule has 82 valence electrons. The Balaban J connectivity index is 2.43. The molecule has 0 aromatic heterocycles. The van der Waals surface area contributed by atoms with Crippen molar-refractivity contribution in [3.8, 4) is 17.2 Å². The van der Waals surface area contributed by atoms with E-state index in [1.165, 1.54) is 6.07 Å². The van der Waals surface area contributed by atoms with Gasteiger partial charge in [-0.05, 0) is 19.1 Å². The lowest BCUT2D eigenvalue weighted by atomic mass is 10.3. The number of halogens is 3. The molecule has 0 saturated carbocycles.